The van der Waals surface area contributed by atoms with Gasteiger partial charge in [-0.15, -0.1) is 11.3 Å². The topological polar surface area (TPSA) is 47.9 Å². The molecule has 0 spiro atoms. The summed E-state index contributed by atoms with van der Waals surface area (Å²) in [4.78, 5) is 16.8. The monoisotopic (exact) mass is 273 g/mol. The molecule has 0 aromatic carbocycles. The molecule has 1 aliphatic heterocycles. The summed E-state index contributed by atoms with van der Waals surface area (Å²) in [5, 5.41) is 0. The standard InChI is InChI=1S/C11H12ClNO3S/c1-3-15-11(14)9-10(16-6(2)13-9)7-4-5-8(12)17-7/h4-5,9-10H,3H2,1-2H3. The number of hydrogen-bond donors (Lipinski definition) is 0. The number of aliphatic imine (C=N–C) groups is 1. The molecule has 4 nitrogen and oxygen atoms in total. The fourth-order valence-electron chi connectivity index (χ4n) is 1.64. The second kappa shape index (κ2) is 5.06. The molecule has 0 aliphatic carbocycles. The Morgan fingerprint density at radius 2 is 2.41 bits per heavy atom. The number of rotatable bonds is 3. The van der Waals surface area contributed by atoms with E-state index in [4.69, 9.17) is 21.1 Å². The van der Waals surface area contributed by atoms with Crippen LogP contribution in [-0.2, 0) is 14.3 Å². The molecule has 92 valence electrons. The van der Waals surface area contributed by atoms with Crippen LogP contribution in [0.3, 0.4) is 0 Å². The molecule has 0 amide bonds. The largest absolute Gasteiger partial charge is 0.469 e. The molecule has 2 rings (SSSR count). The highest BCUT2D eigenvalue weighted by Gasteiger charge is 2.38. The smallest absolute Gasteiger partial charge is 0.335 e. The van der Waals surface area contributed by atoms with E-state index in [1.54, 1.807) is 19.9 Å². The van der Waals surface area contributed by atoms with Crippen molar-refractivity contribution in [2.45, 2.75) is 26.0 Å². The zero-order valence-corrected chi connectivity index (χ0v) is 11.0. The molecule has 0 fully saturated rings. The average molecular weight is 274 g/mol. The quantitative estimate of drug-likeness (QED) is 0.796. The van der Waals surface area contributed by atoms with Crippen molar-refractivity contribution in [3.05, 3.63) is 21.3 Å². The summed E-state index contributed by atoms with van der Waals surface area (Å²) < 4.78 is 11.2. The molecule has 0 N–H and O–H groups in total. The Morgan fingerprint density at radius 1 is 1.65 bits per heavy atom. The summed E-state index contributed by atoms with van der Waals surface area (Å²) in [6.45, 7) is 3.82. The minimum atomic E-state index is -0.621. The van der Waals surface area contributed by atoms with Crippen molar-refractivity contribution in [1.82, 2.24) is 0 Å². The second-order valence-electron chi connectivity index (χ2n) is 3.53. The van der Waals surface area contributed by atoms with Gasteiger partial charge in [-0.1, -0.05) is 11.6 Å². The maximum absolute atomic E-state index is 11.7. The summed E-state index contributed by atoms with van der Waals surface area (Å²) >= 11 is 7.26. The molecular formula is C11H12ClNO3S. The van der Waals surface area contributed by atoms with Gasteiger partial charge in [-0.3, -0.25) is 0 Å². The van der Waals surface area contributed by atoms with Crippen molar-refractivity contribution in [3.8, 4) is 0 Å². The van der Waals surface area contributed by atoms with E-state index in [2.05, 4.69) is 4.99 Å². The first kappa shape index (κ1) is 12.4. The van der Waals surface area contributed by atoms with Crippen LogP contribution in [0.15, 0.2) is 17.1 Å². The average Bonchev–Trinajstić information content (AvgIpc) is 2.84. The lowest BCUT2D eigenvalue weighted by molar-refractivity contribution is -0.146. The van der Waals surface area contributed by atoms with E-state index in [0.717, 1.165) is 4.88 Å². The third-order valence-electron chi connectivity index (χ3n) is 2.31. The van der Waals surface area contributed by atoms with Gasteiger partial charge in [-0.25, -0.2) is 9.79 Å². The van der Waals surface area contributed by atoms with Crippen LogP contribution in [0.5, 0.6) is 0 Å². The molecule has 0 saturated heterocycles. The molecule has 0 saturated carbocycles. The molecule has 2 unspecified atom stereocenters. The maximum Gasteiger partial charge on any atom is 0.335 e. The Kier molecular flexibility index (Phi) is 3.69. The molecule has 2 atom stereocenters. The molecular weight excluding hydrogens is 262 g/mol. The second-order valence-corrected chi connectivity index (χ2v) is 5.27. The molecule has 0 bridgehead atoms. The molecule has 2 heterocycles. The van der Waals surface area contributed by atoms with Gasteiger partial charge in [0.15, 0.2) is 18.0 Å². The van der Waals surface area contributed by atoms with E-state index in [9.17, 15) is 4.79 Å². The first-order valence-corrected chi connectivity index (χ1v) is 6.44. The highest BCUT2D eigenvalue weighted by molar-refractivity contribution is 7.16. The van der Waals surface area contributed by atoms with Crippen LogP contribution in [-0.4, -0.2) is 24.5 Å². The Balaban J connectivity index is 2.20. The normalized spacial score (nSPS) is 23.1. The van der Waals surface area contributed by atoms with Gasteiger partial charge < -0.3 is 9.47 Å². The van der Waals surface area contributed by atoms with Gasteiger partial charge in [0, 0.05) is 11.8 Å². The predicted molar refractivity (Wildman–Crippen MR) is 66.7 cm³/mol. The lowest BCUT2D eigenvalue weighted by atomic mass is 10.1. The van der Waals surface area contributed by atoms with Crippen LogP contribution in [0.1, 0.15) is 24.8 Å². The number of carbonyl (C=O) groups is 1. The van der Waals surface area contributed by atoms with E-state index in [0.29, 0.717) is 16.8 Å². The zero-order chi connectivity index (χ0) is 12.4. The number of ether oxygens (including phenoxy) is 2. The fraction of sp³-hybridized carbons (Fsp3) is 0.455. The van der Waals surface area contributed by atoms with Gasteiger partial charge in [0.25, 0.3) is 0 Å². The SMILES string of the molecule is CCOC(=O)C1N=C(C)OC1c1ccc(Cl)s1. The highest BCUT2D eigenvalue weighted by Crippen LogP contribution is 2.35. The van der Waals surface area contributed by atoms with Crippen LogP contribution in [0, 0.1) is 0 Å². The molecule has 1 aliphatic rings. The predicted octanol–water partition coefficient (Wildman–Crippen LogP) is 2.82. The van der Waals surface area contributed by atoms with Crippen molar-refractivity contribution < 1.29 is 14.3 Å². The molecule has 0 radical (unpaired) electrons. The number of nitrogens with zero attached hydrogens (tertiary/aromatic N) is 1. The number of halogens is 1. The van der Waals surface area contributed by atoms with E-state index < -0.39 is 12.1 Å². The molecule has 1 aromatic heterocycles. The number of esters is 1. The number of thiophene rings is 1. The van der Waals surface area contributed by atoms with Gasteiger partial charge in [0.2, 0.25) is 0 Å². The fourth-order valence-corrected chi connectivity index (χ4v) is 2.76. The van der Waals surface area contributed by atoms with Gasteiger partial charge in [-0.2, -0.15) is 0 Å². The van der Waals surface area contributed by atoms with E-state index in [1.807, 2.05) is 6.07 Å². The highest BCUT2D eigenvalue weighted by atomic mass is 35.5. The van der Waals surface area contributed by atoms with Crippen LogP contribution in [0.4, 0.5) is 0 Å². The van der Waals surface area contributed by atoms with Crippen LogP contribution >= 0.6 is 22.9 Å². The van der Waals surface area contributed by atoms with Gasteiger partial charge >= 0.3 is 5.97 Å². The van der Waals surface area contributed by atoms with Crippen LogP contribution in [0.2, 0.25) is 4.34 Å². The Labute approximate surface area is 108 Å². The molecule has 17 heavy (non-hydrogen) atoms. The van der Waals surface area contributed by atoms with Crippen molar-refractivity contribution in [1.29, 1.82) is 0 Å². The van der Waals surface area contributed by atoms with E-state index in [1.165, 1.54) is 11.3 Å². The summed E-state index contributed by atoms with van der Waals surface area (Å²) in [6.07, 6.45) is -0.411. The molecule has 6 heteroatoms. The van der Waals surface area contributed by atoms with Crippen LogP contribution < -0.4 is 0 Å². The van der Waals surface area contributed by atoms with Crippen molar-refractivity contribution >= 4 is 34.8 Å². The van der Waals surface area contributed by atoms with Crippen LogP contribution in [0.25, 0.3) is 0 Å². The van der Waals surface area contributed by atoms with Crippen molar-refractivity contribution in [2.24, 2.45) is 4.99 Å². The lowest BCUT2D eigenvalue weighted by Gasteiger charge is -2.14. The summed E-state index contributed by atoms with van der Waals surface area (Å²) in [5.41, 5.74) is 0. The Hall–Kier alpha value is -1.07. The number of carbonyl (C=O) groups excluding carboxylic acids is 1. The van der Waals surface area contributed by atoms with Gasteiger partial charge in [-0.05, 0) is 19.1 Å². The third kappa shape index (κ3) is 2.61. The summed E-state index contributed by atoms with van der Waals surface area (Å²) in [6, 6.07) is 3.00. The lowest BCUT2D eigenvalue weighted by Crippen LogP contribution is -2.25. The maximum atomic E-state index is 11.7. The number of hydrogen-bond acceptors (Lipinski definition) is 5. The van der Waals surface area contributed by atoms with E-state index >= 15 is 0 Å². The summed E-state index contributed by atoms with van der Waals surface area (Å²) in [5.74, 6) is 0.136. The zero-order valence-electron chi connectivity index (χ0n) is 9.47. The first-order chi connectivity index (χ1) is 8.11. The minimum absolute atomic E-state index is 0.335. The Morgan fingerprint density at radius 3 is 3.00 bits per heavy atom. The van der Waals surface area contributed by atoms with Gasteiger partial charge in [0.05, 0.1) is 10.9 Å². The third-order valence-corrected chi connectivity index (χ3v) is 3.60. The van der Waals surface area contributed by atoms with E-state index in [-0.39, 0.29) is 5.97 Å². The minimum Gasteiger partial charge on any atom is -0.469 e. The van der Waals surface area contributed by atoms with Gasteiger partial charge in [0.1, 0.15) is 0 Å². The van der Waals surface area contributed by atoms with Crippen molar-refractivity contribution in [3.63, 3.8) is 0 Å². The first-order valence-electron chi connectivity index (χ1n) is 5.24. The van der Waals surface area contributed by atoms with Crippen molar-refractivity contribution in [2.75, 3.05) is 6.61 Å². The molecule has 1 aromatic rings. The Bertz CT molecular complexity index is 457. The summed E-state index contributed by atoms with van der Waals surface area (Å²) in [7, 11) is 0.